The van der Waals surface area contributed by atoms with Crippen molar-refractivity contribution >= 4 is 11.6 Å². The first kappa shape index (κ1) is 26.5. The van der Waals surface area contributed by atoms with E-state index in [0.717, 1.165) is 56.2 Å². The lowest BCUT2D eigenvalue weighted by atomic mass is 9.91. The minimum absolute atomic E-state index is 0.114. The molecule has 2 fully saturated rings. The van der Waals surface area contributed by atoms with Crippen molar-refractivity contribution in [3.8, 4) is 0 Å². The van der Waals surface area contributed by atoms with E-state index in [2.05, 4.69) is 56.7 Å². The van der Waals surface area contributed by atoms with E-state index in [1.165, 1.54) is 0 Å². The van der Waals surface area contributed by atoms with Crippen molar-refractivity contribution in [2.24, 2.45) is 0 Å². The van der Waals surface area contributed by atoms with E-state index in [4.69, 9.17) is 9.72 Å². The maximum absolute atomic E-state index is 13.8. The van der Waals surface area contributed by atoms with Crippen LogP contribution in [0.25, 0.3) is 0 Å². The van der Waals surface area contributed by atoms with Gasteiger partial charge in [0.2, 0.25) is 5.91 Å². The summed E-state index contributed by atoms with van der Waals surface area (Å²) in [6, 6.07) is 3.36. The second kappa shape index (κ2) is 10.8. The number of pyridine rings is 1. The molecule has 0 aliphatic carbocycles. The van der Waals surface area contributed by atoms with E-state index in [-0.39, 0.29) is 17.4 Å². The number of anilines is 1. The Bertz CT molecular complexity index is 884. The van der Waals surface area contributed by atoms with Gasteiger partial charge >= 0.3 is 0 Å². The van der Waals surface area contributed by atoms with Crippen LogP contribution >= 0.6 is 0 Å². The van der Waals surface area contributed by atoms with Crippen LogP contribution in [0.4, 0.5) is 5.69 Å². The molecule has 2 N–H and O–H groups in total. The van der Waals surface area contributed by atoms with Gasteiger partial charge in [-0.2, -0.15) is 0 Å². The Labute approximate surface area is 211 Å². The van der Waals surface area contributed by atoms with Crippen LogP contribution in [0, 0.1) is 0 Å². The molecule has 4 rings (SSSR count). The predicted octanol–water partition coefficient (Wildman–Crippen LogP) is 2.31. The Morgan fingerprint density at radius 2 is 2.00 bits per heavy atom. The third kappa shape index (κ3) is 5.72. The quantitative estimate of drug-likeness (QED) is 0.611. The number of carbonyl (C=O) groups excluding carboxylic acids is 1. The number of aromatic nitrogens is 1. The van der Waals surface area contributed by atoms with E-state index < -0.39 is 6.10 Å². The lowest BCUT2D eigenvalue weighted by molar-refractivity contribution is -0.121. The number of amides is 1. The van der Waals surface area contributed by atoms with E-state index in [9.17, 15) is 9.90 Å². The zero-order valence-electron chi connectivity index (χ0n) is 22.5. The van der Waals surface area contributed by atoms with Crippen LogP contribution in [-0.4, -0.2) is 95.9 Å². The fourth-order valence-corrected chi connectivity index (χ4v) is 5.90. The van der Waals surface area contributed by atoms with Gasteiger partial charge in [-0.1, -0.05) is 27.2 Å². The molecule has 0 bridgehead atoms. The minimum Gasteiger partial charge on any atom is -0.388 e. The first-order chi connectivity index (χ1) is 16.6. The summed E-state index contributed by atoms with van der Waals surface area (Å²) in [5.41, 5.74) is 2.39. The number of fused-ring (bicyclic) bond motifs is 1. The zero-order valence-corrected chi connectivity index (χ0v) is 22.5. The van der Waals surface area contributed by atoms with Crippen molar-refractivity contribution in [1.82, 2.24) is 20.1 Å². The smallest absolute Gasteiger partial charge is 0.241 e. The Hall–Kier alpha value is -1.58. The number of aliphatic hydroxyl groups is 1. The summed E-state index contributed by atoms with van der Waals surface area (Å²) in [6.45, 7) is 18.2. The van der Waals surface area contributed by atoms with Crippen LogP contribution in [0.3, 0.4) is 0 Å². The number of rotatable bonds is 7. The highest BCUT2D eigenvalue weighted by molar-refractivity contribution is 5.97. The fourth-order valence-electron chi connectivity index (χ4n) is 5.90. The molecular formula is C27H45N5O3. The number of hydrogen-bond donors (Lipinski definition) is 2. The molecule has 4 heterocycles. The second-order valence-corrected chi connectivity index (χ2v) is 11.6. The SMILES string of the molecule is CCCC(O)c1cnc2c(c1)N(C(=O)CN1C[C@@H](C)NC[C@@H]1CN1[C@H](C)COC[C@H]1C)CC2(C)C. The summed E-state index contributed by atoms with van der Waals surface area (Å²) in [5, 5.41) is 14.2. The third-order valence-electron chi connectivity index (χ3n) is 7.96. The normalized spacial score (nSPS) is 30.3. The molecule has 196 valence electrons. The van der Waals surface area contributed by atoms with Crippen LogP contribution in [0.5, 0.6) is 0 Å². The Kier molecular flexibility index (Phi) is 8.18. The van der Waals surface area contributed by atoms with Crippen molar-refractivity contribution in [2.45, 2.75) is 90.1 Å². The summed E-state index contributed by atoms with van der Waals surface area (Å²) < 4.78 is 5.73. The molecule has 0 radical (unpaired) electrons. The molecule has 8 nitrogen and oxygen atoms in total. The van der Waals surface area contributed by atoms with Crippen LogP contribution in [0.1, 0.15) is 71.7 Å². The number of ether oxygens (including phenoxy) is 1. The number of hydrogen-bond acceptors (Lipinski definition) is 7. The molecule has 1 amide bonds. The van der Waals surface area contributed by atoms with Gasteiger partial charge in [-0.15, -0.1) is 0 Å². The average Bonchev–Trinajstić information content (AvgIpc) is 3.08. The Balaban J connectivity index is 1.52. The molecule has 0 saturated carbocycles. The monoisotopic (exact) mass is 487 g/mol. The number of morpholine rings is 1. The molecule has 35 heavy (non-hydrogen) atoms. The van der Waals surface area contributed by atoms with Crippen molar-refractivity contribution < 1.29 is 14.6 Å². The molecular weight excluding hydrogens is 442 g/mol. The van der Waals surface area contributed by atoms with Crippen LogP contribution in [0.2, 0.25) is 0 Å². The number of aliphatic hydroxyl groups excluding tert-OH is 1. The number of nitrogens with one attached hydrogen (secondary N) is 1. The van der Waals surface area contributed by atoms with Gasteiger partial charge in [0.15, 0.2) is 0 Å². The van der Waals surface area contributed by atoms with Gasteiger partial charge < -0.3 is 20.1 Å². The van der Waals surface area contributed by atoms with Crippen molar-refractivity contribution in [1.29, 1.82) is 0 Å². The lowest BCUT2D eigenvalue weighted by Crippen LogP contribution is -2.63. The molecule has 1 aromatic rings. The minimum atomic E-state index is -0.547. The molecule has 0 aromatic carbocycles. The first-order valence-corrected chi connectivity index (χ1v) is 13.4. The van der Waals surface area contributed by atoms with Crippen molar-refractivity contribution in [3.05, 3.63) is 23.5 Å². The topological polar surface area (TPSA) is 81.2 Å². The van der Waals surface area contributed by atoms with Gasteiger partial charge in [0.25, 0.3) is 0 Å². The number of nitrogens with zero attached hydrogens (tertiary/aromatic N) is 4. The zero-order chi connectivity index (χ0) is 25.3. The molecule has 0 spiro atoms. The molecule has 5 atom stereocenters. The van der Waals surface area contributed by atoms with Gasteiger partial charge in [0.05, 0.1) is 37.2 Å². The van der Waals surface area contributed by atoms with Gasteiger partial charge in [0, 0.05) is 67.5 Å². The highest BCUT2D eigenvalue weighted by Gasteiger charge is 2.41. The van der Waals surface area contributed by atoms with Crippen molar-refractivity contribution in [2.75, 3.05) is 50.8 Å². The molecule has 3 aliphatic heterocycles. The lowest BCUT2D eigenvalue weighted by Gasteiger charge is -2.46. The van der Waals surface area contributed by atoms with E-state index >= 15 is 0 Å². The van der Waals surface area contributed by atoms with Gasteiger partial charge in [-0.05, 0) is 33.3 Å². The molecule has 1 unspecified atom stereocenters. The molecule has 2 saturated heterocycles. The van der Waals surface area contributed by atoms with Crippen LogP contribution in [-0.2, 0) is 14.9 Å². The van der Waals surface area contributed by atoms with Crippen LogP contribution in [0.15, 0.2) is 12.3 Å². The first-order valence-electron chi connectivity index (χ1n) is 13.4. The fraction of sp³-hybridized carbons (Fsp3) is 0.778. The summed E-state index contributed by atoms with van der Waals surface area (Å²) >= 11 is 0. The largest absolute Gasteiger partial charge is 0.388 e. The number of piperazine rings is 1. The summed E-state index contributed by atoms with van der Waals surface area (Å²) in [6.07, 6.45) is 2.83. The van der Waals surface area contributed by atoms with E-state index in [1.807, 2.05) is 11.0 Å². The highest BCUT2D eigenvalue weighted by Crippen LogP contribution is 2.40. The van der Waals surface area contributed by atoms with Gasteiger partial charge in [0.1, 0.15) is 0 Å². The van der Waals surface area contributed by atoms with Gasteiger partial charge in [-0.25, -0.2) is 0 Å². The summed E-state index contributed by atoms with van der Waals surface area (Å²) in [4.78, 5) is 25.3. The Morgan fingerprint density at radius 3 is 2.69 bits per heavy atom. The molecule has 3 aliphatic rings. The highest BCUT2D eigenvalue weighted by atomic mass is 16.5. The third-order valence-corrected chi connectivity index (χ3v) is 7.96. The second-order valence-electron chi connectivity index (χ2n) is 11.6. The van der Waals surface area contributed by atoms with Crippen molar-refractivity contribution in [3.63, 3.8) is 0 Å². The molecule has 1 aromatic heterocycles. The predicted molar refractivity (Wildman–Crippen MR) is 139 cm³/mol. The van der Waals surface area contributed by atoms with E-state index in [1.54, 1.807) is 6.20 Å². The number of carbonyl (C=O) groups is 1. The van der Waals surface area contributed by atoms with Crippen LogP contribution < -0.4 is 10.2 Å². The Morgan fingerprint density at radius 1 is 1.29 bits per heavy atom. The maximum Gasteiger partial charge on any atom is 0.241 e. The van der Waals surface area contributed by atoms with Gasteiger partial charge in [-0.3, -0.25) is 19.6 Å². The molecule has 8 heteroatoms. The average molecular weight is 488 g/mol. The standard InChI is InChI=1S/C27H45N5O3/c1-7-8-24(33)21-9-23-26(29-10-21)27(5,6)17-32(23)25(34)14-30-12-18(2)28-11-22(30)13-31-19(3)15-35-16-20(31)4/h9-10,18-20,22,24,28,33H,7-8,11-17H2,1-6H3/t18-,19-,20-,22-,24?/m1/s1. The summed E-state index contributed by atoms with van der Waals surface area (Å²) in [5.74, 6) is 0.114. The maximum atomic E-state index is 13.8. The summed E-state index contributed by atoms with van der Waals surface area (Å²) in [7, 11) is 0. The van der Waals surface area contributed by atoms with E-state index in [0.29, 0.717) is 37.6 Å².